The Morgan fingerprint density at radius 3 is 3.00 bits per heavy atom. The van der Waals surface area contributed by atoms with Crippen LogP contribution >= 0.6 is 11.6 Å². The van der Waals surface area contributed by atoms with Crippen molar-refractivity contribution in [3.05, 3.63) is 23.5 Å². The highest BCUT2D eigenvalue weighted by atomic mass is 35.5. The van der Waals surface area contributed by atoms with Gasteiger partial charge in [0, 0.05) is 12.2 Å². The van der Waals surface area contributed by atoms with Crippen molar-refractivity contribution < 1.29 is 0 Å². The van der Waals surface area contributed by atoms with Crippen LogP contribution in [-0.4, -0.2) is 11.0 Å². The van der Waals surface area contributed by atoms with Gasteiger partial charge in [0.15, 0.2) is 0 Å². The van der Waals surface area contributed by atoms with E-state index in [0.717, 1.165) is 16.6 Å². The molecule has 88 valence electrons. The molecule has 1 aromatic rings. The van der Waals surface area contributed by atoms with Crippen molar-refractivity contribution >= 4 is 17.3 Å². The Kier molecular flexibility index (Phi) is 4.05. The van der Waals surface area contributed by atoms with Crippen molar-refractivity contribution in [3.8, 4) is 0 Å². The number of hydrogen-bond donors (Lipinski definition) is 1. The minimum atomic E-state index is 0.562. The zero-order valence-corrected chi connectivity index (χ0v) is 10.5. The predicted octanol–water partition coefficient (Wildman–Crippen LogP) is 4.12. The Balaban J connectivity index is 1.96. The van der Waals surface area contributed by atoms with Gasteiger partial charge in [0.05, 0.1) is 16.9 Å². The van der Waals surface area contributed by atoms with Gasteiger partial charge in [-0.1, -0.05) is 31.4 Å². The molecule has 1 aliphatic carbocycles. The van der Waals surface area contributed by atoms with Crippen molar-refractivity contribution in [1.82, 2.24) is 4.98 Å². The lowest BCUT2D eigenvalue weighted by molar-refractivity contribution is 0.502. The van der Waals surface area contributed by atoms with E-state index in [1.165, 1.54) is 32.1 Å². The van der Waals surface area contributed by atoms with Gasteiger partial charge in [-0.2, -0.15) is 0 Å². The molecule has 2 rings (SSSR count). The first-order valence-corrected chi connectivity index (χ1v) is 6.49. The van der Waals surface area contributed by atoms with Crippen LogP contribution in [0.4, 0.5) is 5.69 Å². The fraction of sp³-hybridized carbons (Fsp3) is 0.615. The first kappa shape index (κ1) is 11.7. The highest BCUT2D eigenvalue weighted by Crippen LogP contribution is 2.27. The summed E-state index contributed by atoms with van der Waals surface area (Å²) < 4.78 is 0. The van der Waals surface area contributed by atoms with E-state index < -0.39 is 0 Å². The lowest BCUT2D eigenvalue weighted by Gasteiger charge is -2.18. The summed E-state index contributed by atoms with van der Waals surface area (Å²) in [7, 11) is 0. The number of aromatic nitrogens is 1. The summed E-state index contributed by atoms with van der Waals surface area (Å²) in [5, 5.41) is 4.29. The molecule has 1 N–H and O–H groups in total. The number of rotatable bonds is 2. The molecule has 1 saturated carbocycles. The quantitative estimate of drug-likeness (QED) is 0.785. The Morgan fingerprint density at radius 1 is 1.31 bits per heavy atom. The van der Waals surface area contributed by atoms with Gasteiger partial charge in [0.2, 0.25) is 0 Å². The Bertz CT molecular complexity index is 340. The molecule has 1 aromatic heterocycles. The van der Waals surface area contributed by atoms with Crippen molar-refractivity contribution in [2.45, 2.75) is 45.1 Å². The summed E-state index contributed by atoms with van der Waals surface area (Å²) in [6, 6.07) is 2.40. The molecule has 2 atom stereocenters. The van der Waals surface area contributed by atoms with Gasteiger partial charge < -0.3 is 5.32 Å². The molecule has 0 saturated heterocycles. The smallest absolute Gasteiger partial charge is 0.0718 e. The van der Waals surface area contributed by atoms with Crippen molar-refractivity contribution in [1.29, 1.82) is 0 Å². The first-order chi connectivity index (χ1) is 7.75. The summed E-state index contributed by atoms with van der Waals surface area (Å²) in [5.41, 5.74) is 0.976. The van der Waals surface area contributed by atoms with Gasteiger partial charge in [-0.25, -0.2) is 0 Å². The van der Waals surface area contributed by atoms with Gasteiger partial charge in [0.1, 0.15) is 0 Å². The van der Waals surface area contributed by atoms with Crippen LogP contribution in [0.3, 0.4) is 0 Å². The van der Waals surface area contributed by atoms with E-state index in [0.29, 0.717) is 6.04 Å². The minimum absolute atomic E-state index is 0.562. The van der Waals surface area contributed by atoms with E-state index >= 15 is 0 Å². The third-order valence-corrected chi connectivity index (χ3v) is 3.71. The largest absolute Gasteiger partial charge is 0.380 e. The summed E-state index contributed by atoms with van der Waals surface area (Å²) in [5.74, 6) is 0.871. The highest BCUT2D eigenvalue weighted by molar-refractivity contribution is 6.33. The fourth-order valence-electron chi connectivity index (χ4n) is 2.34. The maximum Gasteiger partial charge on any atom is 0.0718 e. The second-order valence-corrected chi connectivity index (χ2v) is 5.22. The van der Waals surface area contributed by atoms with Crippen LogP contribution in [0.2, 0.25) is 5.02 Å². The molecule has 0 bridgehead atoms. The molecule has 0 amide bonds. The van der Waals surface area contributed by atoms with Crippen LogP contribution in [0.1, 0.15) is 39.0 Å². The van der Waals surface area contributed by atoms with E-state index in [2.05, 4.69) is 17.2 Å². The molecule has 1 heterocycles. The fourth-order valence-corrected chi connectivity index (χ4v) is 2.49. The van der Waals surface area contributed by atoms with E-state index in [4.69, 9.17) is 11.6 Å². The van der Waals surface area contributed by atoms with Gasteiger partial charge in [0.25, 0.3) is 0 Å². The van der Waals surface area contributed by atoms with Crippen LogP contribution in [0.5, 0.6) is 0 Å². The average molecular weight is 239 g/mol. The van der Waals surface area contributed by atoms with Crippen LogP contribution in [-0.2, 0) is 0 Å². The standard InChI is InChI=1S/C13H19ClN2/c1-10-3-2-4-11(6-5-10)16-13-9-15-8-7-12(13)14/h7-11,16H,2-6H2,1H3. The zero-order chi connectivity index (χ0) is 11.4. The van der Waals surface area contributed by atoms with Crippen molar-refractivity contribution in [3.63, 3.8) is 0 Å². The molecule has 0 aliphatic heterocycles. The van der Waals surface area contributed by atoms with Gasteiger partial charge in [-0.15, -0.1) is 0 Å². The third kappa shape index (κ3) is 3.11. The molecular formula is C13H19ClN2. The lowest BCUT2D eigenvalue weighted by atomic mass is 10.0. The highest BCUT2D eigenvalue weighted by Gasteiger charge is 2.16. The molecule has 2 nitrogen and oxygen atoms in total. The summed E-state index contributed by atoms with van der Waals surface area (Å²) in [6.45, 7) is 2.35. The van der Waals surface area contributed by atoms with Crippen LogP contribution in [0.15, 0.2) is 18.5 Å². The zero-order valence-electron chi connectivity index (χ0n) is 9.75. The molecule has 0 aromatic carbocycles. The topological polar surface area (TPSA) is 24.9 Å². The second kappa shape index (κ2) is 5.53. The van der Waals surface area contributed by atoms with E-state index in [1.54, 1.807) is 6.20 Å². The monoisotopic (exact) mass is 238 g/mol. The Labute approximate surface area is 102 Å². The number of nitrogens with one attached hydrogen (secondary N) is 1. The SMILES string of the molecule is CC1CCCC(Nc2cnccc2Cl)CC1. The summed E-state index contributed by atoms with van der Waals surface area (Å²) in [4.78, 5) is 4.10. The molecule has 16 heavy (non-hydrogen) atoms. The molecule has 3 heteroatoms. The lowest BCUT2D eigenvalue weighted by Crippen LogP contribution is -2.18. The van der Waals surface area contributed by atoms with Crippen LogP contribution in [0, 0.1) is 5.92 Å². The predicted molar refractivity (Wildman–Crippen MR) is 68.9 cm³/mol. The first-order valence-electron chi connectivity index (χ1n) is 6.12. The number of halogens is 1. The van der Waals surface area contributed by atoms with Crippen molar-refractivity contribution in [2.24, 2.45) is 5.92 Å². The maximum absolute atomic E-state index is 6.11. The third-order valence-electron chi connectivity index (χ3n) is 3.38. The van der Waals surface area contributed by atoms with E-state index in [1.807, 2.05) is 12.3 Å². The minimum Gasteiger partial charge on any atom is -0.380 e. The molecule has 0 spiro atoms. The maximum atomic E-state index is 6.11. The Hall–Kier alpha value is -0.760. The van der Waals surface area contributed by atoms with E-state index in [-0.39, 0.29) is 0 Å². The van der Waals surface area contributed by atoms with Gasteiger partial charge >= 0.3 is 0 Å². The number of hydrogen-bond acceptors (Lipinski definition) is 2. The molecule has 0 radical (unpaired) electrons. The normalized spacial score (nSPS) is 26.1. The molecule has 1 fully saturated rings. The molecule has 1 aliphatic rings. The summed E-state index contributed by atoms with van der Waals surface area (Å²) >= 11 is 6.11. The van der Waals surface area contributed by atoms with Crippen LogP contribution < -0.4 is 5.32 Å². The average Bonchev–Trinajstić information content (AvgIpc) is 2.47. The van der Waals surface area contributed by atoms with Crippen molar-refractivity contribution in [2.75, 3.05) is 5.32 Å². The summed E-state index contributed by atoms with van der Waals surface area (Å²) in [6.07, 6.45) is 10.0. The molecule has 2 unspecified atom stereocenters. The van der Waals surface area contributed by atoms with Gasteiger partial charge in [-0.05, 0) is 31.2 Å². The number of nitrogens with zero attached hydrogens (tertiary/aromatic N) is 1. The van der Waals surface area contributed by atoms with Crippen LogP contribution in [0.25, 0.3) is 0 Å². The number of pyridine rings is 1. The van der Waals surface area contributed by atoms with Gasteiger partial charge in [-0.3, -0.25) is 4.98 Å². The molecular weight excluding hydrogens is 220 g/mol. The second-order valence-electron chi connectivity index (χ2n) is 4.81. The Morgan fingerprint density at radius 2 is 2.19 bits per heavy atom. The number of anilines is 1. The van der Waals surface area contributed by atoms with E-state index in [9.17, 15) is 0 Å².